The quantitative estimate of drug-likeness (QED) is 0.858. The van der Waals surface area contributed by atoms with E-state index < -0.39 is 0 Å². The highest BCUT2D eigenvalue weighted by atomic mass is 35.5. The molecule has 0 fully saturated rings. The third-order valence-corrected chi connectivity index (χ3v) is 3.07. The number of halogens is 2. The Bertz CT molecular complexity index is 552. The fourth-order valence-electron chi connectivity index (χ4n) is 1.37. The largest absolute Gasteiger partial charge is 0.347 e. The SMILES string of the molecule is C=CCn1nnc(NCc2cccc(Cl)c2Cl)n1. The minimum absolute atomic E-state index is 0.438. The molecule has 0 atom stereocenters. The lowest BCUT2D eigenvalue weighted by molar-refractivity contribution is 0.583. The Labute approximate surface area is 114 Å². The van der Waals surface area contributed by atoms with Crippen molar-refractivity contribution in [2.45, 2.75) is 13.1 Å². The molecule has 5 nitrogen and oxygen atoms in total. The van der Waals surface area contributed by atoms with Crippen LogP contribution >= 0.6 is 23.2 Å². The summed E-state index contributed by atoms with van der Waals surface area (Å²) in [5.74, 6) is 0.438. The molecule has 0 spiro atoms. The van der Waals surface area contributed by atoms with Gasteiger partial charge in [0.05, 0.1) is 16.6 Å². The second-order valence-corrected chi connectivity index (χ2v) is 4.31. The first-order chi connectivity index (χ1) is 8.70. The highest BCUT2D eigenvalue weighted by Gasteiger charge is 2.06. The number of hydrogen-bond acceptors (Lipinski definition) is 4. The van der Waals surface area contributed by atoms with E-state index in [1.807, 2.05) is 12.1 Å². The lowest BCUT2D eigenvalue weighted by Crippen LogP contribution is -2.03. The summed E-state index contributed by atoms with van der Waals surface area (Å²) in [7, 11) is 0. The van der Waals surface area contributed by atoms with Crippen LogP contribution in [0.1, 0.15) is 5.56 Å². The molecule has 1 heterocycles. The van der Waals surface area contributed by atoms with Gasteiger partial charge in [0.2, 0.25) is 0 Å². The number of aromatic nitrogens is 4. The molecular formula is C11H11Cl2N5. The average Bonchev–Trinajstić information content (AvgIpc) is 2.79. The normalized spacial score (nSPS) is 10.3. The van der Waals surface area contributed by atoms with Crippen LogP contribution in [-0.4, -0.2) is 20.2 Å². The molecule has 2 aromatic rings. The van der Waals surface area contributed by atoms with Crippen molar-refractivity contribution < 1.29 is 0 Å². The number of tetrazole rings is 1. The molecule has 18 heavy (non-hydrogen) atoms. The summed E-state index contributed by atoms with van der Waals surface area (Å²) < 4.78 is 0. The minimum Gasteiger partial charge on any atom is -0.347 e. The van der Waals surface area contributed by atoms with Crippen LogP contribution in [0.3, 0.4) is 0 Å². The van der Waals surface area contributed by atoms with Crippen LogP contribution in [-0.2, 0) is 13.1 Å². The maximum atomic E-state index is 6.07. The molecule has 0 saturated carbocycles. The highest BCUT2D eigenvalue weighted by Crippen LogP contribution is 2.25. The molecule has 0 saturated heterocycles. The Hall–Kier alpha value is -1.59. The lowest BCUT2D eigenvalue weighted by atomic mass is 10.2. The van der Waals surface area contributed by atoms with E-state index in [4.69, 9.17) is 23.2 Å². The molecule has 1 aromatic heterocycles. The number of hydrogen-bond donors (Lipinski definition) is 1. The third-order valence-electron chi connectivity index (χ3n) is 2.21. The van der Waals surface area contributed by atoms with Crippen LogP contribution in [0, 0.1) is 0 Å². The van der Waals surface area contributed by atoms with Gasteiger partial charge >= 0.3 is 0 Å². The Morgan fingerprint density at radius 3 is 3.00 bits per heavy atom. The zero-order chi connectivity index (χ0) is 13.0. The van der Waals surface area contributed by atoms with Gasteiger partial charge in [0.15, 0.2) is 0 Å². The Morgan fingerprint density at radius 2 is 2.22 bits per heavy atom. The fraction of sp³-hybridized carbons (Fsp3) is 0.182. The average molecular weight is 284 g/mol. The number of benzene rings is 1. The van der Waals surface area contributed by atoms with Crippen LogP contribution in [0.2, 0.25) is 10.0 Å². The third kappa shape index (κ3) is 3.00. The van der Waals surface area contributed by atoms with Crippen molar-refractivity contribution in [2.24, 2.45) is 0 Å². The lowest BCUT2D eigenvalue weighted by Gasteiger charge is -2.05. The van der Waals surface area contributed by atoms with Crippen molar-refractivity contribution in [2.75, 3.05) is 5.32 Å². The van der Waals surface area contributed by atoms with Crippen LogP contribution in [0.25, 0.3) is 0 Å². The topological polar surface area (TPSA) is 55.6 Å². The standard InChI is InChI=1S/C11H11Cl2N5/c1-2-6-18-16-11(15-17-18)14-7-8-4-3-5-9(12)10(8)13/h2-5H,1,6-7H2,(H,14,16). The van der Waals surface area contributed by atoms with Crippen LogP contribution in [0.4, 0.5) is 5.95 Å². The molecule has 94 valence electrons. The molecule has 1 aromatic carbocycles. The number of nitrogens with zero attached hydrogens (tertiary/aromatic N) is 4. The van der Waals surface area contributed by atoms with Crippen molar-refractivity contribution in [1.29, 1.82) is 0 Å². The molecule has 1 N–H and O–H groups in total. The summed E-state index contributed by atoms with van der Waals surface area (Å²) >= 11 is 12.0. The second kappa shape index (κ2) is 5.84. The van der Waals surface area contributed by atoms with E-state index in [0.29, 0.717) is 29.1 Å². The molecular weight excluding hydrogens is 273 g/mol. The summed E-state index contributed by atoms with van der Waals surface area (Å²) in [5, 5.41) is 15.9. The Balaban J connectivity index is 2.02. The minimum atomic E-state index is 0.438. The molecule has 2 rings (SSSR count). The van der Waals surface area contributed by atoms with Crippen LogP contribution in [0.15, 0.2) is 30.9 Å². The predicted molar refractivity (Wildman–Crippen MR) is 71.8 cm³/mol. The second-order valence-electron chi connectivity index (χ2n) is 3.52. The van der Waals surface area contributed by atoms with Gasteiger partial charge in [-0.25, -0.2) is 0 Å². The Kier molecular flexibility index (Phi) is 4.17. The smallest absolute Gasteiger partial charge is 0.263 e. The summed E-state index contributed by atoms with van der Waals surface area (Å²) in [4.78, 5) is 1.44. The number of allylic oxidation sites excluding steroid dienone is 1. The van der Waals surface area contributed by atoms with Crippen LogP contribution < -0.4 is 5.32 Å². The summed E-state index contributed by atoms with van der Waals surface area (Å²) in [6.07, 6.45) is 1.69. The maximum absolute atomic E-state index is 6.07. The monoisotopic (exact) mass is 283 g/mol. The van der Waals surface area contributed by atoms with E-state index in [1.165, 1.54) is 4.80 Å². The number of rotatable bonds is 5. The van der Waals surface area contributed by atoms with Gasteiger partial charge in [-0.3, -0.25) is 0 Å². The first-order valence-corrected chi connectivity index (χ1v) is 6.01. The van der Waals surface area contributed by atoms with Gasteiger partial charge in [0.1, 0.15) is 0 Å². The van der Waals surface area contributed by atoms with Crippen molar-refractivity contribution in [3.8, 4) is 0 Å². The number of nitrogens with one attached hydrogen (secondary N) is 1. The summed E-state index contributed by atoms with van der Waals surface area (Å²) in [6, 6.07) is 5.47. The highest BCUT2D eigenvalue weighted by molar-refractivity contribution is 6.42. The first-order valence-electron chi connectivity index (χ1n) is 5.26. The molecule has 0 bridgehead atoms. The van der Waals surface area contributed by atoms with Gasteiger partial charge < -0.3 is 5.32 Å². The Morgan fingerprint density at radius 1 is 1.39 bits per heavy atom. The van der Waals surface area contributed by atoms with Gasteiger partial charge in [0, 0.05) is 6.54 Å². The van der Waals surface area contributed by atoms with Crippen molar-refractivity contribution in [1.82, 2.24) is 20.2 Å². The molecule has 0 aliphatic rings. The molecule has 7 heteroatoms. The van der Waals surface area contributed by atoms with Gasteiger partial charge in [-0.2, -0.15) is 4.80 Å². The van der Waals surface area contributed by atoms with Gasteiger partial charge in [-0.15, -0.1) is 11.7 Å². The van der Waals surface area contributed by atoms with E-state index in [9.17, 15) is 0 Å². The van der Waals surface area contributed by atoms with E-state index in [2.05, 4.69) is 27.3 Å². The van der Waals surface area contributed by atoms with Crippen molar-refractivity contribution in [3.05, 3.63) is 46.5 Å². The van der Waals surface area contributed by atoms with E-state index in [0.717, 1.165) is 5.56 Å². The zero-order valence-electron chi connectivity index (χ0n) is 9.48. The molecule has 0 aliphatic carbocycles. The molecule has 0 radical (unpaired) electrons. The maximum Gasteiger partial charge on any atom is 0.263 e. The first kappa shape index (κ1) is 12.9. The van der Waals surface area contributed by atoms with Gasteiger partial charge in [0.25, 0.3) is 5.95 Å². The van der Waals surface area contributed by atoms with Crippen molar-refractivity contribution in [3.63, 3.8) is 0 Å². The zero-order valence-corrected chi connectivity index (χ0v) is 11.0. The van der Waals surface area contributed by atoms with Gasteiger partial charge in [-0.1, -0.05) is 46.5 Å². The molecule has 0 unspecified atom stereocenters. The van der Waals surface area contributed by atoms with E-state index in [-0.39, 0.29) is 0 Å². The van der Waals surface area contributed by atoms with Crippen LogP contribution in [0.5, 0.6) is 0 Å². The van der Waals surface area contributed by atoms with Crippen molar-refractivity contribution >= 4 is 29.2 Å². The predicted octanol–water partition coefficient (Wildman–Crippen LogP) is 2.78. The molecule has 0 amide bonds. The summed E-state index contributed by atoms with van der Waals surface area (Å²) in [6.45, 7) is 4.60. The fourth-order valence-corrected chi connectivity index (χ4v) is 1.75. The number of anilines is 1. The summed E-state index contributed by atoms with van der Waals surface area (Å²) in [5.41, 5.74) is 0.879. The van der Waals surface area contributed by atoms with E-state index >= 15 is 0 Å². The molecule has 0 aliphatic heterocycles. The van der Waals surface area contributed by atoms with Gasteiger partial charge in [-0.05, 0) is 16.8 Å². The van der Waals surface area contributed by atoms with E-state index in [1.54, 1.807) is 12.1 Å².